The fourth-order valence-electron chi connectivity index (χ4n) is 9.07. The molecular formula is C50H86Si4. The van der Waals surface area contributed by atoms with Crippen LogP contribution in [0.3, 0.4) is 0 Å². The van der Waals surface area contributed by atoms with Crippen molar-refractivity contribution in [3.05, 3.63) is 33.4 Å². The van der Waals surface area contributed by atoms with E-state index in [1.807, 2.05) is 0 Å². The van der Waals surface area contributed by atoms with Gasteiger partial charge < -0.3 is 0 Å². The Hall–Kier alpha value is -1.67. The van der Waals surface area contributed by atoms with Gasteiger partial charge in [0.05, 0.1) is 0 Å². The average Bonchev–Trinajstić information content (AvgIpc) is 3.03. The van der Waals surface area contributed by atoms with Gasteiger partial charge in [0.15, 0.2) is 0 Å². The Labute approximate surface area is 343 Å². The molecule has 0 aliphatic rings. The first-order valence-corrected chi connectivity index (χ1v) is 33.7. The molecule has 0 atom stereocenters. The van der Waals surface area contributed by atoms with Gasteiger partial charge in [-0.25, -0.2) is 0 Å². The highest BCUT2D eigenvalue weighted by atomic mass is 28.3. The molecule has 0 aliphatic carbocycles. The first-order chi connectivity index (χ1) is 24.9. The minimum atomic E-state index is -2.02. The number of unbranched alkanes of at least 4 members (excludes halogenated alkanes) is 6. The summed E-state index contributed by atoms with van der Waals surface area (Å²) in [6, 6.07) is 0. The van der Waals surface area contributed by atoms with Crippen molar-refractivity contribution < 1.29 is 0 Å². The summed E-state index contributed by atoms with van der Waals surface area (Å²) in [5.41, 5.74) is 27.2. The molecule has 0 amide bonds. The van der Waals surface area contributed by atoms with E-state index in [0.29, 0.717) is 33.2 Å². The Morgan fingerprint density at radius 2 is 0.593 bits per heavy atom. The van der Waals surface area contributed by atoms with Crippen molar-refractivity contribution in [3.63, 3.8) is 0 Å². The molecule has 1 aromatic carbocycles. The standard InChI is InChI=1S/C50H86Si4/c1-21-23-25-27-29-45-47(31-35-51(15,16)17)50(34-38-54(42(9)10,43(11)12)44(13)14)46(30-28-26-24-22-2)48(32-36-52(18,19)20)49(45)33-37-53(39(3)4,40(5)6)41(7)8/h39-44H,21-30H2,1-20H3. The van der Waals surface area contributed by atoms with Gasteiger partial charge in [0, 0.05) is 22.3 Å². The smallest absolute Gasteiger partial charge is 0.127 e. The third kappa shape index (κ3) is 13.8. The van der Waals surface area contributed by atoms with Crippen molar-refractivity contribution >= 4 is 32.3 Å². The second-order valence-electron chi connectivity index (χ2n) is 20.4. The third-order valence-electron chi connectivity index (χ3n) is 11.9. The molecule has 0 heterocycles. The number of hydrogen-bond donors (Lipinski definition) is 0. The van der Waals surface area contributed by atoms with Gasteiger partial charge in [-0.3, -0.25) is 0 Å². The van der Waals surface area contributed by atoms with Crippen LogP contribution in [0, 0.1) is 45.9 Å². The van der Waals surface area contributed by atoms with Crippen LogP contribution in [-0.2, 0) is 12.8 Å². The summed E-state index contributed by atoms with van der Waals surface area (Å²) in [6.07, 6.45) is 11.7. The van der Waals surface area contributed by atoms with Crippen LogP contribution in [0.15, 0.2) is 0 Å². The lowest BCUT2D eigenvalue weighted by atomic mass is 9.83. The van der Waals surface area contributed by atoms with Gasteiger partial charge in [0.1, 0.15) is 32.3 Å². The topological polar surface area (TPSA) is 0 Å². The van der Waals surface area contributed by atoms with E-state index in [0.717, 1.165) is 25.7 Å². The maximum Gasteiger partial charge on any atom is 0.146 e. The zero-order chi connectivity index (χ0) is 41.7. The highest BCUT2D eigenvalue weighted by Gasteiger charge is 2.43. The molecule has 0 aliphatic heterocycles. The molecule has 302 valence electrons. The Balaban J connectivity index is 5.03. The SMILES string of the molecule is CCCCCCc1c(C#C[Si](C)(C)C)c(C#C[Si](C(C)C)(C(C)C)C(C)C)c(CCCCCC)c(C#C[Si](C)(C)C)c1C#C[Si](C(C)C)(C(C)C)C(C)C. The zero-order valence-electron chi connectivity index (χ0n) is 39.5. The molecule has 0 radical (unpaired) electrons. The molecule has 0 spiro atoms. The molecule has 54 heavy (non-hydrogen) atoms. The lowest BCUT2D eigenvalue weighted by Crippen LogP contribution is -2.43. The quantitative estimate of drug-likeness (QED) is 0.0888. The van der Waals surface area contributed by atoms with Gasteiger partial charge in [-0.2, -0.15) is 0 Å². The van der Waals surface area contributed by atoms with Crippen molar-refractivity contribution in [2.24, 2.45) is 0 Å². The summed E-state index contributed by atoms with van der Waals surface area (Å²) in [6.45, 7) is 48.2. The molecule has 4 heteroatoms. The largest absolute Gasteiger partial charge is 0.146 e. The van der Waals surface area contributed by atoms with E-state index in [4.69, 9.17) is 0 Å². The number of benzene rings is 1. The van der Waals surface area contributed by atoms with Gasteiger partial charge in [-0.05, 0) is 70.1 Å². The Morgan fingerprint density at radius 1 is 0.352 bits per heavy atom. The van der Waals surface area contributed by atoms with Crippen LogP contribution in [0.1, 0.15) is 182 Å². The second kappa shape index (κ2) is 22.3. The van der Waals surface area contributed by atoms with E-state index in [2.05, 4.69) is 182 Å². The maximum absolute atomic E-state index is 4.21. The molecule has 1 aromatic rings. The van der Waals surface area contributed by atoms with Gasteiger partial charge >= 0.3 is 0 Å². The van der Waals surface area contributed by atoms with Crippen LogP contribution in [0.5, 0.6) is 0 Å². The molecule has 0 unspecified atom stereocenters. The predicted octanol–water partition coefficient (Wildman–Crippen LogP) is 15.5. The molecule has 0 bridgehead atoms. The minimum Gasteiger partial charge on any atom is -0.127 e. The molecule has 1 rings (SSSR count). The normalized spacial score (nSPS) is 12.5. The van der Waals surface area contributed by atoms with Crippen molar-refractivity contribution in [2.45, 2.75) is 234 Å². The summed E-state index contributed by atoms with van der Waals surface area (Å²) in [5.74, 6) is 16.1. The van der Waals surface area contributed by atoms with E-state index in [9.17, 15) is 0 Å². The van der Waals surface area contributed by atoms with Crippen molar-refractivity contribution in [3.8, 4) is 45.9 Å². The van der Waals surface area contributed by atoms with Crippen molar-refractivity contribution in [1.82, 2.24) is 0 Å². The molecule has 0 N–H and O–H groups in total. The molecule has 0 nitrogen and oxygen atoms in total. The van der Waals surface area contributed by atoms with Gasteiger partial charge in [-0.1, -0.05) is 198 Å². The monoisotopic (exact) mass is 799 g/mol. The van der Waals surface area contributed by atoms with Crippen molar-refractivity contribution in [2.75, 3.05) is 0 Å². The fraction of sp³-hybridized carbons (Fsp3) is 0.720. The van der Waals surface area contributed by atoms with E-state index in [1.54, 1.807) is 0 Å². The fourth-order valence-corrected chi connectivity index (χ4v) is 20.5. The van der Waals surface area contributed by atoms with Gasteiger partial charge in [-0.15, -0.1) is 22.2 Å². The highest BCUT2D eigenvalue weighted by molar-refractivity contribution is 6.91. The first kappa shape index (κ1) is 50.3. The van der Waals surface area contributed by atoms with Crippen LogP contribution in [0.25, 0.3) is 0 Å². The van der Waals surface area contributed by atoms with E-state index < -0.39 is 32.3 Å². The van der Waals surface area contributed by atoms with E-state index in [1.165, 1.54) is 71.9 Å². The molecule has 0 fully saturated rings. The lowest BCUT2D eigenvalue weighted by Gasteiger charge is -2.38. The Morgan fingerprint density at radius 3 is 0.796 bits per heavy atom. The van der Waals surface area contributed by atoms with Crippen LogP contribution in [0.2, 0.25) is 72.5 Å². The summed E-state index contributed by atoms with van der Waals surface area (Å²) >= 11 is 0. The van der Waals surface area contributed by atoms with Crippen LogP contribution in [0.4, 0.5) is 0 Å². The van der Waals surface area contributed by atoms with E-state index in [-0.39, 0.29) is 0 Å². The van der Waals surface area contributed by atoms with E-state index >= 15 is 0 Å². The van der Waals surface area contributed by atoms with Crippen LogP contribution >= 0.6 is 0 Å². The Kier molecular flexibility index (Phi) is 20.8. The van der Waals surface area contributed by atoms with Gasteiger partial charge in [0.2, 0.25) is 0 Å². The first-order valence-electron chi connectivity index (χ1n) is 22.3. The van der Waals surface area contributed by atoms with Crippen LogP contribution < -0.4 is 0 Å². The lowest BCUT2D eigenvalue weighted by molar-refractivity contribution is 0.661. The summed E-state index contributed by atoms with van der Waals surface area (Å²) in [7, 11) is -7.47. The maximum atomic E-state index is 4.21. The molecule has 0 aromatic heterocycles. The number of rotatable bonds is 16. The molecule has 0 saturated heterocycles. The average molecular weight is 800 g/mol. The second-order valence-corrected chi connectivity index (χ2v) is 41.0. The van der Waals surface area contributed by atoms with Crippen LogP contribution in [-0.4, -0.2) is 32.3 Å². The molecular weight excluding hydrogens is 713 g/mol. The third-order valence-corrected chi connectivity index (χ3v) is 26.3. The number of hydrogen-bond acceptors (Lipinski definition) is 0. The predicted molar refractivity (Wildman–Crippen MR) is 258 cm³/mol. The minimum absolute atomic E-state index is 0.570. The molecule has 0 saturated carbocycles. The summed E-state index contributed by atoms with van der Waals surface area (Å²) in [4.78, 5) is 0. The van der Waals surface area contributed by atoms with Gasteiger partial charge in [0.25, 0.3) is 0 Å². The summed E-state index contributed by atoms with van der Waals surface area (Å²) < 4.78 is 0. The van der Waals surface area contributed by atoms with Crippen molar-refractivity contribution in [1.29, 1.82) is 0 Å². The zero-order valence-corrected chi connectivity index (χ0v) is 43.5. The summed E-state index contributed by atoms with van der Waals surface area (Å²) in [5, 5.41) is 0. The Bertz CT molecular complexity index is 1430. The highest BCUT2D eigenvalue weighted by Crippen LogP contribution is 2.43.